The lowest BCUT2D eigenvalue weighted by Gasteiger charge is -2.25. The maximum Gasteiger partial charge on any atom is 0.406 e. The maximum absolute atomic E-state index is 13.8. The molecule has 44 heavy (non-hydrogen) atoms. The van der Waals surface area contributed by atoms with Crippen LogP contribution in [0.15, 0.2) is 6.33 Å². The van der Waals surface area contributed by atoms with E-state index in [0.717, 1.165) is 11.8 Å². The number of carbonyl (C=O) groups is 2. The topological polar surface area (TPSA) is 199 Å². The fraction of sp³-hybridized carbons (Fsp3) is 0.720. The van der Waals surface area contributed by atoms with E-state index in [-0.39, 0.29) is 40.5 Å². The van der Waals surface area contributed by atoms with Gasteiger partial charge in [-0.2, -0.15) is 9.97 Å². The summed E-state index contributed by atoms with van der Waals surface area (Å²) in [5.74, 6) is -0.497. The number of esters is 1. The van der Waals surface area contributed by atoms with Crippen LogP contribution >= 0.6 is 42.7 Å². The number of aliphatic hydroxyl groups is 1. The van der Waals surface area contributed by atoms with Crippen LogP contribution in [0.4, 0.5) is 5.95 Å². The van der Waals surface area contributed by atoms with Crippen molar-refractivity contribution in [3.8, 4) is 5.88 Å². The van der Waals surface area contributed by atoms with E-state index in [1.807, 2.05) is 0 Å². The number of nitrogens with two attached hydrogens (primary N) is 1. The van der Waals surface area contributed by atoms with E-state index < -0.39 is 60.7 Å². The summed E-state index contributed by atoms with van der Waals surface area (Å²) in [7, 11) is -4.26. The van der Waals surface area contributed by atoms with E-state index in [1.165, 1.54) is 17.8 Å². The van der Waals surface area contributed by atoms with Crippen LogP contribution < -0.4 is 15.6 Å². The van der Waals surface area contributed by atoms with E-state index in [9.17, 15) is 19.3 Å². The van der Waals surface area contributed by atoms with Crippen molar-refractivity contribution >= 4 is 70.9 Å². The van der Waals surface area contributed by atoms with Crippen molar-refractivity contribution in [2.75, 3.05) is 31.3 Å². The third-order valence-electron chi connectivity index (χ3n) is 5.98. The zero-order chi connectivity index (χ0) is 33.0. The van der Waals surface area contributed by atoms with Gasteiger partial charge in [-0.3, -0.25) is 23.2 Å². The maximum atomic E-state index is 13.8. The molecule has 3 heterocycles. The fourth-order valence-electron chi connectivity index (χ4n) is 3.84. The average Bonchev–Trinajstić information content (AvgIpc) is 3.42. The lowest BCUT2D eigenvalue weighted by molar-refractivity contribution is -0.149. The van der Waals surface area contributed by atoms with Gasteiger partial charge in [0.05, 0.1) is 32.3 Å². The van der Waals surface area contributed by atoms with Gasteiger partial charge in [-0.1, -0.05) is 55.7 Å². The van der Waals surface area contributed by atoms with Crippen LogP contribution in [0.2, 0.25) is 0 Å². The second-order valence-corrected chi connectivity index (χ2v) is 15.4. The first-order valence-corrected chi connectivity index (χ1v) is 17.1. The number of ether oxygens (including phenoxy) is 3. The minimum Gasteiger partial charge on any atom is -0.476 e. The third-order valence-corrected chi connectivity index (χ3v) is 9.76. The quantitative estimate of drug-likeness (QED) is 0.112. The normalized spacial score (nSPS) is 22.2. The molecule has 0 spiro atoms. The van der Waals surface area contributed by atoms with Crippen molar-refractivity contribution in [2.24, 2.45) is 5.41 Å². The minimum atomic E-state index is -4.26. The molecule has 0 amide bonds. The average molecular weight is 702 g/mol. The predicted molar refractivity (Wildman–Crippen MR) is 166 cm³/mol. The van der Waals surface area contributed by atoms with E-state index in [1.54, 1.807) is 41.5 Å². The predicted octanol–water partition coefficient (Wildman–Crippen LogP) is 3.62. The number of anilines is 1. The van der Waals surface area contributed by atoms with Gasteiger partial charge in [0.25, 0.3) is 0 Å². The summed E-state index contributed by atoms with van der Waals surface area (Å²) >= 11 is 14.2. The largest absolute Gasteiger partial charge is 0.476 e. The molecule has 15 nitrogen and oxygen atoms in total. The highest BCUT2D eigenvalue weighted by Gasteiger charge is 2.56. The van der Waals surface area contributed by atoms with Gasteiger partial charge in [0.15, 0.2) is 26.8 Å². The smallest absolute Gasteiger partial charge is 0.406 e. The highest BCUT2D eigenvalue weighted by atomic mass is 35.5. The first kappa shape index (κ1) is 36.7. The monoisotopic (exact) mass is 700 g/mol. The van der Waals surface area contributed by atoms with Gasteiger partial charge in [0.2, 0.25) is 11.8 Å². The fourth-order valence-corrected chi connectivity index (χ4v) is 6.82. The molecular weight excluding hydrogens is 662 g/mol. The summed E-state index contributed by atoms with van der Waals surface area (Å²) in [5.41, 5.74) is 5.71. The Morgan fingerprint density at radius 1 is 1.27 bits per heavy atom. The molecule has 0 aliphatic carbocycles. The van der Waals surface area contributed by atoms with Crippen molar-refractivity contribution in [3.05, 3.63) is 6.33 Å². The number of fused-ring (bicyclic) bond motifs is 1. The number of halogens is 2. The summed E-state index contributed by atoms with van der Waals surface area (Å²) in [6.07, 6.45) is -3.13. The number of imidazole rings is 1. The standard InChI is InChI=1S/C25H39Cl2N6O9PS/c1-8-38-19-16-18(30-23(28)31-19)33(12-29-16)21-25(26,27)17(34)15(42-21)11-40-43(37,32-14(4)20(35)41-13(2)3)39-9-10-44-22(36)24(5,6)7/h12-15,17,21,34H,8-11H2,1-7H3,(H,32,37)(H2,28,30,31). The molecule has 248 valence electrons. The molecule has 0 radical (unpaired) electrons. The lowest BCUT2D eigenvalue weighted by Crippen LogP contribution is -2.39. The second-order valence-electron chi connectivity index (χ2n) is 11.1. The summed E-state index contributed by atoms with van der Waals surface area (Å²) in [6.45, 7) is 11.5. The molecule has 0 saturated carbocycles. The molecule has 5 atom stereocenters. The molecule has 3 rings (SSSR count). The van der Waals surface area contributed by atoms with Crippen LogP contribution in [-0.2, 0) is 32.7 Å². The lowest BCUT2D eigenvalue weighted by atomic mass is 10.00. The van der Waals surface area contributed by atoms with Crippen LogP contribution in [0.1, 0.15) is 54.7 Å². The van der Waals surface area contributed by atoms with E-state index >= 15 is 0 Å². The van der Waals surface area contributed by atoms with Crippen molar-refractivity contribution in [2.45, 2.75) is 83.4 Å². The molecule has 4 N–H and O–H groups in total. The number of hydrogen-bond donors (Lipinski definition) is 3. The minimum absolute atomic E-state index is 0.0831. The van der Waals surface area contributed by atoms with E-state index in [4.69, 9.17) is 52.2 Å². The second kappa shape index (κ2) is 14.8. The van der Waals surface area contributed by atoms with Gasteiger partial charge in [0.1, 0.15) is 18.2 Å². The van der Waals surface area contributed by atoms with Crippen molar-refractivity contribution in [1.82, 2.24) is 24.6 Å². The number of nitrogens with zero attached hydrogens (tertiary/aromatic N) is 4. The first-order chi connectivity index (χ1) is 20.4. The van der Waals surface area contributed by atoms with Gasteiger partial charge >= 0.3 is 13.7 Å². The number of rotatable bonds is 14. The Morgan fingerprint density at radius 3 is 2.57 bits per heavy atom. The summed E-state index contributed by atoms with van der Waals surface area (Å²) in [4.78, 5) is 37.2. The Balaban J connectivity index is 1.78. The summed E-state index contributed by atoms with van der Waals surface area (Å²) < 4.78 is 41.0. The molecular formula is C25H39Cl2N6O9PS. The SMILES string of the molecule is CCOc1nc(N)nc2c1ncn2C1OC(COP(=O)(NC(C)C(=O)OC(C)C)OCCSC(=O)C(C)(C)C)C(O)C1(Cl)Cl. The van der Waals surface area contributed by atoms with Crippen LogP contribution in [0.5, 0.6) is 5.88 Å². The first-order valence-electron chi connectivity index (χ1n) is 13.8. The van der Waals surface area contributed by atoms with Crippen LogP contribution in [0, 0.1) is 5.41 Å². The molecule has 1 aliphatic rings. The summed E-state index contributed by atoms with van der Waals surface area (Å²) in [5, 5.41) is 13.5. The molecule has 5 unspecified atom stereocenters. The number of carbonyl (C=O) groups excluding carboxylic acids is 2. The number of aromatic nitrogens is 4. The number of nitrogens with one attached hydrogen (secondary N) is 1. The molecule has 19 heteroatoms. The number of thioether (sulfide) groups is 1. The Bertz CT molecular complexity index is 1380. The Morgan fingerprint density at radius 2 is 1.95 bits per heavy atom. The Hall–Kier alpha value is -1.75. The number of aliphatic hydroxyl groups excluding tert-OH is 1. The molecule has 1 aliphatic heterocycles. The number of hydrogen-bond acceptors (Lipinski definition) is 14. The van der Waals surface area contributed by atoms with Gasteiger partial charge in [-0.05, 0) is 27.7 Å². The molecule has 0 bridgehead atoms. The molecule has 2 aromatic heterocycles. The number of alkyl halides is 2. The molecule has 1 saturated heterocycles. The summed E-state index contributed by atoms with van der Waals surface area (Å²) in [6, 6.07) is -1.10. The zero-order valence-corrected chi connectivity index (χ0v) is 28.7. The highest BCUT2D eigenvalue weighted by molar-refractivity contribution is 8.13. The Kier molecular flexibility index (Phi) is 12.3. The Labute approximate surface area is 269 Å². The van der Waals surface area contributed by atoms with Gasteiger partial charge in [-0.25, -0.2) is 14.6 Å². The van der Waals surface area contributed by atoms with Crippen molar-refractivity contribution in [3.63, 3.8) is 0 Å². The van der Waals surface area contributed by atoms with Gasteiger partial charge in [-0.15, -0.1) is 0 Å². The van der Waals surface area contributed by atoms with Gasteiger partial charge in [0, 0.05) is 11.2 Å². The van der Waals surface area contributed by atoms with Gasteiger partial charge < -0.3 is 25.1 Å². The van der Waals surface area contributed by atoms with Crippen LogP contribution in [-0.4, -0.2) is 90.0 Å². The highest BCUT2D eigenvalue weighted by Crippen LogP contribution is 2.50. The van der Waals surface area contributed by atoms with Crippen molar-refractivity contribution in [1.29, 1.82) is 0 Å². The zero-order valence-electron chi connectivity index (χ0n) is 25.5. The molecule has 2 aromatic rings. The third kappa shape index (κ3) is 8.95. The number of nitrogen functional groups attached to an aromatic ring is 1. The van der Waals surface area contributed by atoms with Crippen molar-refractivity contribution < 1.29 is 42.5 Å². The molecule has 1 fully saturated rings. The van der Waals surface area contributed by atoms with E-state index in [2.05, 4.69) is 20.0 Å². The molecule has 0 aromatic carbocycles. The van der Waals surface area contributed by atoms with E-state index in [0.29, 0.717) is 6.61 Å². The van der Waals surface area contributed by atoms with Crippen LogP contribution in [0.3, 0.4) is 0 Å². The van der Waals surface area contributed by atoms with Crippen LogP contribution in [0.25, 0.3) is 11.2 Å².